The van der Waals surface area contributed by atoms with Gasteiger partial charge in [-0.2, -0.15) is 0 Å². The molecule has 0 fully saturated rings. The van der Waals surface area contributed by atoms with Gasteiger partial charge in [0.1, 0.15) is 23.9 Å². The van der Waals surface area contributed by atoms with Gasteiger partial charge in [0.05, 0.1) is 5.71 Å². The molecule has 0 spiro atoms. The number of halogens is 2. The first-order valence-corrected chi connectivity index (χ1v) is 3.57. The number of nitrogens with zero attached hydrogens (tertiary/aromatic N) is 2. The minimum atomic E-state index is -1.27. The van der Waals surface area contributed by atoms with Gasteiger partial charge in [0, 0.05) is 0 Å². The van der Waals surface area contributed by atoms with Gasteiger partial charge in [-0.3, -0.25) is 4.79 Å². The quantitative estimate of drug-likeness (QED) is 0.557. The summed E-state index contributed by atoms with van der Waals surface area (Å²) in [7, 11) is 0. The molecule has 0 aromatic carbocycles. The highest BCUT2D eigenvalue weighted by atomic mass is 19.1. The lowest BCUT2D eigenvalue weighted by molar-refractivity contribution is -0.119. The molecule has 1 aliphatic carbocycles. The maximum atomic E-state index is 13.0. The number of allylic oxidation sites excluding steroid dienone is 3. The number of aliphatic imine (C=N–C) groups is 2. The maximum Gasteiger partial charge on any atom is 0.263 e. The third-order valence-corrected chi connectivity index (χ3v) is 1.81. The fourth-order valence-electron chi connectivity index (χ4n) is 1.20. The van der Waals surface area contributed by atoms with E-state index in [0.717, 1.165) is 18.5 Å². The second-order valence-corrected chi connectivity index (χ2v) is 2.60. The topological polar surface area (TPSA) is 41.8 Å². The predicted molar refractivity (Wildman–Crippen MR) is 42.8 cm³/mol. The highest BCUT2D eigenvalue weighted by Crippen LogP contribution is 2.27. The van der Waals surface area contributed by atoms with Crippen molar-refractivity contribution in [3.63, 3.8) is 0 Å². The van der Waals surface area contributed by atoms with Crippen LogP contribution in [0.2, 0.25) is 0 Å². The second-order valence-electron chi connectivity index (χ2n) is 2.60. The molecule has 5 heteroatoms. The molecule has 1 atom stereocenters. The van der Waals surface area contributed by atoms with Crippen LogP contribution < -0.4 is 0 Å². The fourth-order valence-corrected chi connectivity index (χ4v) is 1.20. The Morgan fingerprint density at radius 1 is 1.31 bits per heavy atom. The average Bonchev–Trinajstić information content (AvgIpc) is 2.12. The van der Waals surface area contributed by atoms with Crippen molar-refractivity contribution in [2.75, 3.05) is 0 Å². The molecule has 0 saturated carbocycles. The van der Waals surface area contributed by atoms with Crippen molar-refractivity contribution in [3.05, 3.63) is 23.8 Å². The van der Waals surface area contributed by atoms with Gasteiger partial charge < -0.3 is 0 Å². The Labute approximate surface area is 72.2 Å². The van der Waals surface area contributed by atoms with Crippen LogP contribution >= 0.6 is 0 Å². The summed E-state index contributed by atoms with van der Waals surface area (Å²) < 4.78 is 26.0. The van der Waals surface area contributed by atoms with Crippen LogP contribution in [0.3, 0.4) is 0 Å². The van der Waals surface area contributed by atoms with Gasteiger partial charge in [-0.1, -0.05) is 0 Å². The first-order valence-electron chi connectivity index (χ1n) is 3.57. The molecule has 1 unspecified atom stereocenters. The Morgan fingerprint density at radius 3 is 2.77 bits per heavy atom. The fraction of sp³-hybridized carbons (Fsp3) is 0.125. The van der Waals surface area contributed by atoms with E-state index in [1.54, 1.807) is 0 Å². The van der Waals surface area contributed by atoms with E-state index in [1.165, 1.54) is 0 Å². The summed E-state index contributed by atoms with van der Waals surface area (Å²) in [5.74, 6) is -3.40. The molecule has 2 rings (SSSR count). The third-order valence-electron chi connectivity index (χ3n) is 1.81. The van der Waals surface area contributed by atoms with Gasteiger partial charge in [0.15, 0.2) is 0 Å². The lowest BCUT2D eigenvalue weighted by Gasteiger charge is -2.17. The zero-order valence-electron chi connectivity index (χ0n) is 6.37. The van der Waals surface area contributed by atoms with E-state index in [-0.39, 0.29) is 5.71 Å². The molecule has 0 aromatic heterocycles. The Bertz CT molecular complexity index is 393. The summed E-state index contributed by atoms with van der Waals surface area (Å²) in [5, 5.41) is 0. The molecule has 13 heavy (non-hydrogen) atoms. The molecule has 1 amide bonds. The molecule has 0 N–H and O–H groups in total. The van der Waals surface area contributed by atoms with Crippen LogP contribution in [0.4, 0.5) is 8.78 Å². The van der Waals surface area contributed by atoms with Crippen LogP contribution in [0.1, 0.15) is 0 Å². The number of carbonyl (C=O) groups is 1. The number of rotatable bonds is 0. The minimum Gasteiger partial charge on any atom is -0.271 e. The molecule has 3 nitrogen and oxygen atoms in total. The first kappa shape index (κ1) is 7.97. The lowest BCUT2D eigenvalue weighted by Crippen LogP contribution is -2.28. The Kier molecular flexibility index (Phi) is 1.65. The molecule has 66 valence electrons. The SMILES string of the molecule is O=C1N=CN=C2C(F)=CC=C(F)C12. The van der Waals surface area contributed by atoms with Gasteiger partial charge in [-0.15, -0.1) is 0 Å². The van der Waals surface area contributed by atoms with Crippen molar-refractivity contribution in [1.82, 2.24) is 0 Å². The maximum absolute atomic E-state index is 13.0. The van der Waals surface area contributed by atoms with E-state index in [2.05, 4.69) is 9.98 Å². The highest BCUT2D eigenvalue weighted by molar-refractivity contribution is 6.20. The molecule has 0 bridgehead atoms. The van der Waals surface area contributed by atoms with Crippen LogP contribution in [-0.2, 0) is 4.79 Å². The molecule has 0 saturated heterocycles. The molecular weight excluding hydrogens is 178 g/mol. The number of hydrogen-bond acceptors (Lipinski definition) is 2. The first-order chi connectivity index (χ1) is 6.20. The van der Waals surface area contributed by atoms with Gasteiger partial charge in [-0.05, 0) is 12.2 Å². The van der Waals surface area contributed by atoms with Gasteiger partial charge in [-0.25, -0.2) is 18.8 Å². The highest BCUT2D eigenvalue weighted by Gasteiger charge is 2.34. The summed E-state index contributed by atoms with van der Waals surface area (Å²) >= 11 is 0. The summed E-state index contributed by atoms with van der Waals surface area (Å²) in [4.78, 5) is 17.8. The van der Waals surface area contributed by atoms with Gasteiger partial charge >= 0.3 is 0 Å². The standard InChI is InChI=1S/C8H4F2N2O/c9-4-1-2-5(10)7-6(4)8(13)12-3-11-7/h1-3,6H. The summed E-state index contributed by atoms with van der Waals surface area (Å²) in [6.45, 7) is 0. The van der Waals surface area contributed by atoms with Crippen molar-refractivity contribution >= 4 is 18.0 Å². The zero-order chi connectivity index (χ0) is 9.42. The normalized spacial score (nSPS) is 26.2. The van der Waals surface area contributed by atoms with Crippen molar-refractivity contribution in [3.8, 4) is 0 Å². The molecule has 1 aliphatic heterocycles. The number of fused-ring (bicyclic) bond motifs is 1. The van der Waals surface area contributed by atoms with Crippen LogP contribution in [0.15, 0.2) is 33.8 Å². The van der Waals surface area contributed by atoms with Crippen molar-refractivity contribution < 1.29 is 13.6 Å². The molecule has 1 heterocycles. The van der Waals surface area contributed by atoms with Gasteiger partial charge in [0.2, 0.25) is 0 Å². The summed E-state index contributed by atoms with van der Waals surface area (Å²) in [6.07, 6.45) is 2.79. The third kappa shape index (κ3) is 1.12. The van der Waals surface area contributed by atoms with E-state index >= 15 is 0 Å². The predicted octanol–water partition coefficient (Wildman–Crippen LogP) is 1.33. The Balaban J connectivity index is 2.53. The van der Waals surface area contributed by atoms with Crippen LogP contribution in [0, 0.1) is 5.92 Å². The van der Waals surface area contributed by atoms with Crippen molar-refractivity contribution in [2.45, 2.75) is 0 Å². The molecule has 0 radical (unpaired) electrons. The zero-order valence-corrected chi connectivity index (χ0v) is 6.37. The monoisotopic (exact) mass is 182 g/mol. The second kappa shape index (κ2) is 2.69. The van der Waals surface area contributed by atoms with E-state index in [4.69, 9.17) is 0 Å². The summed E-state index contributed by atoms with van der Waals surface area (Å²) in [6, 6.07) is 0. The Morgan fingerprint density at radius 2 is 2.08 bits per heavy atom. The molecular formula is C8H4F2N2O. The van der Waals surface area contributed by atoms with E-state index in [1.807, 2.05) is 0 Å². The van der Waals surface area contributed by atoms with E-state index in [9.17, 15) is 13.6 Å². The van der Waals surface area contributed by atoms with Crippen LogP contribution in [-0.4, -0.2) is 18.0 Å². The number of amides is 1. The minimum absolute atomic E-state index is 0.194. The molecule has 0 aromatic rings. The number of carbonyl (C=O) groups excluding carboxylic acids is 1. The van der Waals surface area contributed by atoms with Crippen molar-refractivity contribution in [1.29, 1.82) is 0 Å². The van der Waals surface area contributed by atoms with Crippen LogP contribution in [0.25, 0.3) is 0 Å². The lowest BCUT2D eigenvalue weighted by atomic mass is 9.95. The van der Waals surface area contributed by atoms with E-state index < -0.39 is 23.5 Å². The average molecular weight is 182 g/mol. The molecule has 2 aliphatic rings. The number of hydrogen-bond donors (Lipinski definition) is 0. The smallest absolute Gasteiger partial charge is 0.263 e. The van der Waals surface area contributed by atoms with Crippen LogP contribution in [0.5, 0.6) is 0 Å². The largest absolute Gasteiger partial charge is 0.271 e. The summed E-state index contributed by atoms with van der Waals surface area (Å²) in [5.41, 5.74) is -0.194. The Hall–Kier alpha value is -1.65. The van der Waals surface area contributed by atoms with Crippen molar-refractivity contribution in [2.24, 2.45) is 15.9 Å². The van der Waals surface area contributed by atoms with E-state index in [0.29, 0.717) is 0 Å². The van der Waals surface area contributed by atoms with Gasteiger partial charge in [0.25, 0.3) is 5.91 Å².